The van der Waals surface area contributed by atoms with Crippen LogP contribution in [0.15, 0.2) is 54.6 Å². The predicted octanol–water partition coefficient (Wildman–Crippen LogP) is 3.22. The lowest BCUT2D eigenvalue weighted by atomic mass is 10.1. The molecule has 0 fully saturated rings. The van der Waals surface area contributed by atoms with E-state index in [1.165, 1.54) is 16.7 Å². The zero-order valence-corrected chi connectivity index (χ0v) is 12.5. The summed E-state index contributed by atoms with van der Waals surface area (Å²) in [4.78, 5) is 2.35. The first kappa shape index (κ1) is 14.8. The Labute approximate surface area is 122 Å². The van der Waals surface area contributed by atoms with Crippen molar-refractivity contribution in [2.24, 2.45) is 0 Å². The molecular weight excluding hydrogens is 244 g/mol. The molecule has 2 aromatic rings. The Morgan fingerprint density at radius 2 is 1.60 bits per heavy atom. The van der Waals surface area contributed by atoms with E-state index in [1.807, 2.05) is 0 Å². The first-order valence-corrected chi connectivity index (χ1v) is 7.23. The van der Waals surface area contributed by atoms with E-state index in [0.29, 0.717) is 0 Å². The molecule has 0 saturated carbocycles. The monoisotopic (exact) mass is 268 g/mol. The molecule has 20 heavy (non-hydrogen) atoms. The smallest absolute Gasteiger partial charge is 0.0231 e. The average molecular weight is 268 g/mol. The summed E-state index contributed by atoms with van der Waals surface area (Å²) in [7, 11) is 2.17. The molecule has 2 rings (SSSR count). The largest absolute Gasteiger partial charge is 0.311 e. The van der Waals surface area contributed by atoms with Gasteiger partial charge in [-0.25, -0.2) is 0 Å². The molecule has 0 radical (unpaired) electrons. The minimum Gasteiger partial charge on any atom is -0.311 e. The van der Waals surface area contributed by atoms with Gasteiger partial charge in [-0.1, -0.05) is 60.2 Å². The van der Waals surface area contributed by atoms with Gasteiger partial charge < -0.3 is 10.2 Å². The average Bonchev–Trinajstić information content (AvgIpc) is 2.47. The fraction of sp³-hybridized carbons (Fsp3) is 0.333. The molecule has 0 aromatic heterocycles. The molecule has 0 aliphatic rings. The summed E-state index contributed by atoms with van der Waals surface area (Å²) in [5, 5.41) is 3.49. The molecule has 0 amide bonds. The Bertz CT molecular complexity index is 491. The molecule has 0 atom stereocenters. The second-order valence-electron chi connectivity index (χ2n) is 5.39. The molecule has 2 nitrogen and oxygen atoms in total. The summed E-state index contributed by atoms with van der Waals surface area (Å²) in [6.45, 7) is 6.14. The summed E-state index contributed by atoms with van der Waals surface area (Å²) < 4.78 is 0. The topological polar surface area (TPSA) is 15.3 Å². The van der Waals surface area contributed by atoms with Gasteiger partial charge in [-0.15, -0.1) is 0 Å². The minimum atomic E-state index is 0.944. The SMILES string of the molecule is Cc1ccc(CN(C)CCNCc2ccccc2)cc1. The summed E-state index contributed by atoms with van der Waals surface area (Å²) in [5.74, 6) is 0. The van der Waals surface area contributed by atoms with Crippen molar-refractivity contribution in [1.82, 2.24) is 10.2 Å². The van der Waals surface area contributed by atoms with Crippen LogP contribution in [0.1, 0.15) is 16.7 Å². The maximum absolute atomic E-state index is 3.49. The second kappa shape index (κ2) is 7.83. The first-order valence-electron chi connectivity index (χ1n) is 7.23. The van der Waals surface area contributed by atoms with Gasteiger partial charge in [0.1, 0.15) is 0 Å². The third kappa shape index (κ3) is 5.16. The lowest BCUT2D eigenvalue weighted by molar-refractivity contribution is 0.324. The molecule has 0 aliphatic carbocycles. The van der Waals surface area contributed by atoms with Gasteiger partial charge in [0.05, 0.1) is 0 Å². The number of nitrogens with one attached hydrogen (secondary N) is 1. The van der Waals surface area contributed by atoms with E-state index in [-0.39, 0.29) is 0 Å². The summed E-state index contributed by atoms with van der Waals surface area (Å²) in [6, 6.07) is 19.3. The predicted molar refractivity (Wildman–Crippen MR) is 85.7 cm³/mol. The molecule has 0 spiro atoms. The zero-order chi connectivity index (χ0) is 14.2. The number of rotatable bonds is 7. The van der Waals surface area contributed by atoms with Crippen LogP contribution in [0, 0.1) is 6.92 Å². The van der Waals surface area contributed by atoms with Crippen molar-refractivity contribution in [3.05, 3.63) is 71.3 Å². The van der Waals surface area contributed by atoms with Crippen LogP contribution >= 0.6 is 0 Å². The maximum Gasteiger partial charge on any atom is 0.0231 e. The van der Waals surface area contributed by atoms with Crippen molar-refractivity contribution >= 4 is 0 Å². The summed E-state index contributed by atoms with van der Waals surface area (Å²) in [5.41, 5.74) is 4.04. The number of benzene rings is 2. The van der Waals surface area contributed by atoms with E-state index in [1.54, 1.807) is 0 Å². The van der Waals surface area contributed by atoms with Gasteiger partial charge in [0, 0.05) is 26.2 Å². The number of nitrogens with zero attached hydrogens (tertiary/aromatic N) is 1. The van der Waals surface area contributed by atoms with Crippen LogP contribution in [-0.2, 0) is 13.1 Å². The van der Waals surface area contributed by atoms with Crippen molar-refractivity contribution in [2.45, 2.75) is 20.0 Å². The maximum atomic E-state index is 3.49. The highest BCUT2D eigenvalue weighted by Gasteiger charge is 2.00. The van der Waals surface area contributed by atoms with Gasteiger partial charge in [-0.2, -0.15) is 0 Å². The van der Waals surface area contributed by atoms with Crippen molar-refractivity contribution < 1.29 is 0 Å². The highest BCUT2D eigenvalue weighted by atomic mass is 15.1. The van der Waals surface area contributed by atoms with Gasteiger partial charge in [0.25, 0.3) is 0 Å². The van der Waals surface area contributed by atoms with Crippen molar-refractivity contribution in [3.8, 4) is 0 Å². The van der Waals surface area contributed by atoms with Gasteiger partial charge in [0.2, 0.25) is 0 Å². The van der Waals surface area contributed by atoms with Gasteiger partial charge in [-0.05, 0) is 25.1 Å². The Morgan fingerprint density at radius 3 is 2.30 bits per heavy atom. The lowest BCUT2D eigenvalue weighted by Crippen LogP contribution is -2.28. The normalized spacial score (nSPS) is 10.9. The van der Waals surface area contributed by atoms with Gasteiger partial charge in [0.15, 0.2) is 0 Å². The van der Waals surface area contributed by atoms with Crippen molar-refractivity contribution in [1.29, 1.82) is 0 Å². The van der Waals surface area contributed by atoms with Crippen molar-refractivity contribution in [2.75, 3.05) is 20.1 Å². The molecule has 0 unspecified atom stereocenters. The van der Waals surface area contributed by atoms with E-state index in [9.17, 15) is 0 Å². The van der Waals surface area contributed by atoms with Gasteiger partial charge >= 0.3 is 0 Å². The van der Waals surface area contributed by atoms with E-state index in [4.69, 9.17) is 0 Å². The minimum absolute atomic E-state index is 0.944. The van der Waals surface area contributed by atoms with Crippen LogP contribution in [0.4, 0.5) is 0 Å². The van der Waals surface area contributed by atoms with Crippen LogP contribution in [-0.4, -0.2) is 25.0 Å². The van der Waals surface area contributed by atoms with Crippen molar-refractivity contribution in [3.63, 3.8) is 0 Å². The summed E-state index contributed by atoms with van der Waals surface area (Å²) in [6.07, 6.45) is 0. The molecule has 0 heterocycles. The van der Waals surface area contributed by atoms with E-state index >= 15 is 0 Å². The molecule has 0 aliphatic heterocycles. The Morgan fingerprint density at radius 1 is 0.900 bits per heavy atom. The molecule has 1 N–H and O–H groups in total. The number of hydrogen-bond acceptors (Lipinski definition) is 2. The molecule has 0 saturated heterocycles. The molecule has 0 bridgehead atoms. The first-order chi connectivity index (χ1) is 9.74. The Kier molecular flexibility index (Phi) is 5.78. The van der Waals surface area contributed by atoms with E-state index < -0.39 is 0 Å². The fourth-order valence-electron chi connectivity index (χ4n) is 2.18. The number of hydrogen-bond donors (Lipinski definition) is 1. The molecular formula is C18H24N2. The third-order valence-electron chi connectivity index (χ3n) is 3.42. The van der Waals surface area contributed by atoms with Crippen LogP contribution in [0.3, 0.4) is 0 Å². The Balaban J connectivity index is 1.65. The van der Waals surface area contributed by atoms with Crippen LogP contribution in [0.25, 0.3) is 0 Å². The zero-order valence-electron chi connectivity index (χ0n) is 12.5. The fourth-order valence-corrected chi connectivity index (χ4v) is 2.18. The molecule has 2 aromatic carbocycles. The standard InChI is InChI=1S/C18H24N2/c1-16-8-10-18(11-9-16)15-20(2)13-12-19-14-17-6-4-3-5-7-17/h3-11,19H,12-15H2,1-2H3. The quantitative estimate of drug-likeness (QED) is 0.776. The highest BCUT2D eigenvalue weighted by molar-refractivity contribution is 5.21. The van der Waals surface area contributed by atoms with Gasteiger partial charge in [-0.3, -0.25) is 0 Å². The lowest BCUT2D eigenvalue weighted by Gasteiger charge is -2.17. The highest BCUT2D eigenvalue weighted by Crippen LogP contribution is 2.05. The van der Waals surface area contributed by atoms with E-state index in [0.717, 1.165) is 26.2 Å². The Hall–Kier alpha value is -1.64. The third-order valence-corrected chi connectivity index (χ3v) is 3.42. The van der Waals surface area contributed by atoms with Crippen LogP contribution < -0.4 is 5.32 Å². The summed E-state index contributed by atoms with van der Waals surface area (Å²) >= 11 is 0. The van der Waals surface area contributed by atoms with Crippen LogP contribution in [0.5, 0.6) is 0 Å². The molecule has 106 valence electrons. The van der Waals surface area contributed by atoms with Crippen LogP contribution in [0.2, 0.25) is 0 Å². The molecule has 2 heteroatoms. The second-order valence-corrected chi connectivity index (χ2v) is 5.39. The number of likely N-dealkylation sites (N-methyl/N-ethyl adjacent to an activating group) is 1. The number of aryl methyl sites for hydroxylation is 1. The van der Waals surface area contributed by atoms with E-state index in [2.05, 4.69) is 78.8 Å².